The normalized spacial score (nSPS) is 14.6. The van der Waals surface area contributed by atoms with Gasteiger partial charge in [-0.3, -0.25) is 9.69 Å². The summed E-state index contributed by atoms with van der Waals surface area (Å²) in [6, 6.07) is 4.67. The van der Waals surface area contributed by atoms with Gasteiger partial charge in [0.25, 0.3) is 5.56 Å². The zero-order chi connectivity index (χ0) is 20.3. The van der Waals surface area contributed by atoms with Gasteiger partial charge in [-0.25, -0.2) is 14.2 Å². The molecule has 10 heteroatoms. The molecule has 10 nitrogen and oxygen atoms in total. The average molecular weight is 391 g/mol. The molecule has 0 amide bonds. The van der Waals surface area contributed by atoms with Crippen molar-refractivity contribution >= 4 is 5.97 Å². The summed E-state index contributed by atoms with van der Waals surface area (Å²) < 4.78 is 16.6. The molecule has 150 valence electrons. The maximum atomic E-state index is 13.2. The number of carboxylic acids is 1. The highest BCUT2D eigenvalue weighted by atomic mass is 16.5. The Hall–Kier alpha value is -3.11. The first-order valence-corrected chi connectivity index (χ1v) is 8.60. The van der Waals surface area contributed by atoms with Crippen molar-refractivity contribution in [2.24, 2.45) is 0 Å². The summed E-state index contributed by atoms with van der Waals surface area (Å²) in [7, 11) is 2.86. The largest absolute Gasteiger partial charge is 0.497 e. The summed E-state index contributed by atoms with van der Waals surface area (Å²) in [6.07, 6.45) is 0. The standard InChI is InChI=1S/C18H21N3O7/c1-26-11-3-4-14(27-2)13(9-11)21-16(22)12(10-20-5-7-28-8-6-20)15(17(23)24)19-18(21)25/h3-4,9H,5-8,10H2,1-2H3,(H,19,25)(H,23,24). The van der Waals surface area contributed by atoms with Crippen LogP contribution >= 0.6 is 0 Å². The van der Waals surface area contributed by atoms with Crippen LogP contribution in [0.15, 0.2) is 27.8 Å². The number of aromatic amines is 1. The number of hydrogen-bond donors (Lipinski definition) is 2. The number of aromatic carboxylic acids is 1. The molecule has 1 fully saturated rings. The van der Waals surface area contributed by atoms with E-state index in [0.717, 1.165) is 4.57 Å². The van der Waals surface area contributed by atoms with E-state index in [1.165, 1.54) is 20.3 Å². The minimum absolute atomic E-state index is 0.0149. The van der Waals surface area contributed by atoms with Gasteiger partial charge >= 0.3 is 11.7 Å². The maximum absolute atomic E-state index is 13.2. The number of benzene rings is 1. The maximum Gasteiger partial charge on any atom is 0.352 e. The predicted molar refractivity (Wildman–Crippen MR) is 98.8 cm³/mol. The highest BCUT2D eigenvalue weighted by Gasteiger charge is 2.24. The van der Waals surface area contributed by atoms with E-state index >= 15 is 0 Å². The van der Waals surface area contributed by atoms with Crippen LogP contribution in [0.3, 0.4) is 0 Å². The number of ether oxygens (including phenoxy) is 3. The molecule has 1 aromatic carbocycles. The van der Waals surface area contributed by atoms with E-state index in [-0.39, 0.29) is 23.5 Å². The van der Waals surface area contributed by atoms with E-state index < -0.39 is 22.9 Å². The lowest BCUT2D eigenvalue weighted by molar-refractivity contribution is 0.0336. The van der Waals surface area contributed by atoms with Crippen molar-refractivity contribution in [2.75, 3.05) is 40.5 Å². The van der Waals surface area contributed by atoms with Crippen molar-refractivity contribution in [3.05, 3.63) is 50.3 Å². The fourth-order valence-corrected chi connectivity index (χ4v) is 3.07. The van der Waals surface area contributed by atoms with Gasteiger partial charge in [0.2, 0.25) is 0 Å². The molecule has 0 unspecified atom stereocenters. The molecular formula is C18H21N3O7. The van der Waals surface area contributed by atoms with Gasteiger partial charge in [0.1, 0.15) is 17.2 Å². The summed E-state index contributed by atoms with van der Waals surface area (Å²) in [5, 5.41) is 9.48. The molecule has 0 spiro atoms. The first kappa shape index (κ1) is 19.6. The van der Waals surface area contributed by atoms with Crippen molar-refractivity contribution in [3.63, 3.8) is 0 Å². The Morgan fingerprint density at radius 1 is 1.21 bits per heavy atom. The predicted octanol–water partition coefficient (Wildman–Crippen LogP) is 0.0734. The molecule has 2 N–H and O–H groups in total. The van der Waals surface area contributed by atoms with Gasteiger partial charge in [0, 0.05) is 25.7 Å². The molecular weight excluding hydrogens is 370 g/mol. The highest BCUT2D eigenvalue weighted by Crippen LogP contribution is 2.26. The van der Waals surface area contributed by atoms with Crippen LogP contribution in [0.25, 0.3) is 5.69 Å². The second kappa shape index (κ2) is 8.28. The van der Waals surface area contributed by atoms with Crippen LogP contribution in [0.4, 0.5) is 0 Å². The number of hydrogen-bond acceptors (Lipinski definition) is 7. The number of carbonyl (C=O) groups is 1. The third-order valence-electron chi connectivity index (χ3n) is 4.52. The van der Waals surface area contributed by atoms with Crippen LogP contribution in [-0.2, 0) is 11.3 Å². The summed E-state index contributed by atoms with van der Waals surface area (Å²) in [5.74, 6) is -0.685. The molecule has 28 heavy (non-hydrogen) atoms. The lowest BCUT2D eigenvalue weighted by Crippen LogP contribution is -2.43. The number of aromatic nitrogens is 2. The molecule has 0 saturated carbocycles. The van der Waals surface area contributed by atoms with Gasteiger partial charge in [-0.15, -0.1) is 0 Å². The third-order valence-corrected chi connectivity index (χ3v) is 4.52. The van der Waals surface area contributed by atoms with Crippen LogP contribution in [0.2, 0.25) is 0 Å². The number of nitrogens with one attached hydrogen (secondary N) is 1. The van der Waals surface area contributed by atoms with Gasteiger partial charge < -0.3 is 24.3 Å². The molecule has 0 bridgehead atoms. The smallest absolute Gasteiger partial charge is 0.352 e. The fraction of sp³-hybridized carbons (Fsp3) is 0.389. The quantitative estimate of drug-likeness (QED) is 0.709. The fourth-order valence-electron chi connectivity index (χ4n) is 3.07. The molecule has 0 atom stereocenters. The van der Waals surface area contributed by atoms with E-state index in [9.17, 15) is 19.5 Å². The highest BCUT2D eigenvalue weighted by molar-refractivity contribution is 5.86. The first-order valence-electron chi connectivity index (χ1n) is 8.60. The number of H-pyrrole nitrogens is 1. The van der Waals surface area contributed by atoms with Crippen LogP contribution in [0.5, 0.6) is 11.5 Å². The number of carboxylic acid groups (broad SMARTS) is 1. The minimum Gasteiger partial charge on any atom is -0.497 e. The zero-order valence-corrected chi connectivity index (χ0v) is 15.6. The van der Waals surface area contributed by atoms with Gasteiger partial charge in [-0.2, -0.15) is 0 Å². The minimum atomic E-state index is -1.37. The Bertz CT molecular complexity index is 990. The second-order valence-corrected chi connectivity index (χ2v) is 6.16. The lowest BCUT2D eigenvalue weighted by Gasteiger charge is -2.26. The Balaban J connectivity index is 2.20. The molecule has 1 aromatic heterocycles. The number of rotatable bonds is 6. The summed E-state index contributed by atoms with van der Waals surface area (Å²) >= 11 is 0. The van der Waals surface area contributed by atoms with E-state index in [0.29, 0.717) is 32.1 Å². The number of methoxy groups -OCH3 is 2. The van der Waals surface area contributed by atoms with E-state index in [1.807, 2.05) is 4.90 Å². The molecule has 1 aliphatic heterocycles. The van der Waals surface area contributed by atoms with Crippen molar-refractivity contribution in [1.82, 2.24) is 14.5 Å². The Morgan fingerprint density at radius 2 is 1.93 bits per heavy atom. The Labute approximate surface area is 159 Å². The van der Waals surface area contributed by atoms with Crippen molar-refractivity contribution < 1.29 is 24.1 Å². The molecule has 0 radical (unpaired) electrons. The lowest BCUT2D eigenvalue weighted by atomic mass is 10.2. The van der Waals surface area contributed by atoms with Crippen LogP contribution in [0.1, 0.15) is 16.1 Å². The summed E-state index contributed by atoms with van der Waals surface area (Å²) in [6.45, 7) is 2.17. The topological polar surface area (TPSA) is 123 Å². The van der Waals surface area contributed by atoms with Gasteiger partial charge in [-0.05, 0) is 12.1 Å². The van der Waals surface area contributed by atoms with Crippen molar-refractivity contribution in [1.29, 1.82) is 0 Å². The second-order valence-electron chi connectivity index (χ2n) is 6.16. The summed E-state index contributed by atoms with van der Waals surface area (Å²) in [4.78, 5) is 41.6. The first-order chi connectivity index (χ1) is 13.5. The van der Waals surface area contributed by atoms with E-state index in [4.69, 9.17) is 14.2 Å². The zero-order valence-electron chi connectivity index (χ0n) is 15.6. The number of nitrogens with zero attached hydrogens (tertiary/aromatic N) is 2. The molecule has 1 aliphatic rings. The van der Waals surface area contributed by atoms with Gasteiger partial charge in [-0.1, -0.05) is 0 Å². The van der Waals surface area contributed by atoms with Crippen LogP contribution < -0.4 is 20.7 Å². The third kappa shape index (κ3) is 3.78. The van der Waals surface area contributed by atoms with Crippen molar-refractivity contribution in [3.8, 4) is 17.2 Å². The summed E-state index contributed by atoms with van der Waals surface area (Å²) in [5.41, 5.74) is -1.87. The Kier molecular flexibility index (Phi) is 5.81. The molecule has 2 heterocycles. The van der Waals surface area contributed by atoms with Crippen LogP contribution in [-0.4, -0.2) is 66.0 Å². The average Bonchev–Trinajstić information content (AvgIpc) is 2.70. The van der Waals surface area contributed by atoms with Crippen molar-refractivity contribution in [2.45, 2.75) is 6.54 Å². The molecule has 2 aromatic rings. The van der Waals surface area contributed by atoms with Crippen LogP contribution in [0, 0.1) is 0 Å². The monoisotopic (exact) mass is 391 g/mol. The van der Waals surface area contributed by atoms with E-state index in [2.05, 4.69) is 4.98 Å². The molecule has 3 rings (SSSR count). The van der Waals surface area contributed by atoms with E-state index in [1.54, 1.807) is 12.1 Å². The molecule has 1 saturated heterocycles. The number of morpholine rings is 1. The van der Waals surface area contributed by atoms with Gasteiger partial charge in [0.05, 0.1) is 38.7 Å². The Morgan fingerprint density at radius 3 is 2.54 bits per heavy atom. The van der Waals surface area contributed by atoms with Gasteiger partial charge in [0.15, 0.2) is 0 Å². The SMILES string of the molecule is COc1ccc(OC)c(-n2c(=O)[nH]c(C(=O)O)c(CN3CCOCC3)c2=O)c1. The molecule has 0 aliphatic carbocycles.